The Balaban J connectivity index is 1.61. The van der Waals surface area contributed by atoms with Crippen molar-refractivity contribution in [2.24, 2.45) is 5.41 Å². The summed E-state index contributed by atoms with van der Waals surface area (Å²) in [6.45, 7) is 0.757. The Hall–Kier alpha value is -3.17. The highest BCUT2D eigenvalue weighted by atomic mass is 32.2. The van der Waals surface area contributed by atoms with E-state index in [4.69, 9.17) is 14.2 Å². The number of methoxy groups -OCH3 is 1. The van der Waals surface area contributed by atoms with Crippen LogP contribution in [0.5, 0.6) is 5.75 Å². The predicted molar refractivity (Wildman–Crippen MR) is 156 cm³/mol. The number of nitrogens with zero attached hydrogens (tertiary/aromatic N) is 2. The zero-order valence-electron chi connectivity index (χ0n) is 24.1. The van der Waals surface area contributed by atoms with E-state index in [2.05, 4.69) is 11.4 Å². The fourth-order valence-electron chi connectivity index (χ4n) is 5.88. The van der Waals surface area contributed by atoms with Crippen LogP contribution in [0.1, 0.15) is 50.5 Å². The zero-order valence-corrected chi connectivity index (χ0v) is 24.9. The summed E-state index contributed by atoms with van der Waals surface area (Å²) in [4.78, 5) is 12.9. The SMILES string of the molecule is COc1ccc(S(=O)(=O)N(C[C@@H](O)[C@H](Cc2ccccc2)NC(=O)OC2CCOC2)CC2(CCC#N)CCCC2)cc1. The highest BCUT2D eigenvalue weighted by Crippen LogP contribution is 2.43. The number of amides is 1. The number of nitrogens with one attached hydrogen (secondary N) is 1. The van der Waals surface area contributed by atoms with Crippen molar-refractivity contribution in [3.8, 4) is 11.8 Å². The molecule has 11 heteroatoms. The third kappa shape index (κ3) is 8.44. The van der Waals surface area contributed by atoms with Gasteiger partial charge in [0.15, 0.2) is 0 Å². The van der Waals surface area contributed by atoms with Crippen molar-refractivity contribution in [1.29, 1.82) is 5.26 Å². The van der Waals surface area contributed by atoms with E-state index in [1.165, 1.54) is 23.5 Å². The van der Waals surface area contributed by atoms with E-state index < -0.39 is 28.3 Å². The number of alkyl carbamates (subject to hydrolysis) is 1. The average Bonchev–Trinajstić information content (AvgIpc) is 3.68. The van der Waals surface area contributed by atoms with E-state index in [0.717, 1.165) is 31.2 Å². The maximum absolute atomic E-state index is 14.1. The first-order valence-electron chi connectivity index (χ1n) is 14.5. The van der Waals surface area contributed by atoms with Crippen molar-refractivity contribution >= 4 is 16.1 Å². The summed E-state index contributed by atoms with van der Waals surface area (Å²) in [6.07, 6.45) is 3.00. The van der Waals surface area contributed by atoms with Gasteiger partial charge < -0.3 is 24.6 Å². The predicted octanol–water partition coefficient (Wildman–Crippen LogP) is 4.04. The van der Waals surface area contributed by atoms with Crippen LogP contribution in [0.3, 0.4) is 0 Å². The van der Waals surface area contributed by atoms with Crippen molar-refractivity contribution in [3.05, 3.63) is 60.2 Å². The Morgan fingerprint density at radius 1 is 1.19 bits per heavy atom. The van der Waals surface area contributed by atoms with Gasteiger partial charge in [0.2, 0.25) is 10.0 Å². The molecule has 2 aromatic rings. The van der Waals surface area contributed by atoms with Crippen molar-refractivity contribution in [1.82, 2.24) is 9.62 Å². The Kier molecular flexibility index (Phi) is 11.2. The second kappa shape index (κ2) is 14.8. The molecule has 1 saturated carbocycles. The zero-order chi connectivity index (χ0) is 30.0. The minimum absolute atomic E-state index is 0.0807. The number of aliphatic hydroxyl groups excluding tert-OH is 1. The van der Waals surface area contributed by atoms with E-state index in [9.17, 15) is 23.6 Å². The van der Waals surface area contributed by atoms with Gasteiger partial charge in [0.05, 0.1) is 43.4 Å². The van der Waals surface area contributed by atoms with Crippen LogP contribution < -0.4 is 10.1 Å². The molecular weight excluding hydrogens is 558 g/mol. The minimum Gasteiger partial charge on any atom is -0.497 e. The van der Waals surface area contributed by atoms with Gasteiger partial charge in [-0.15, -0.1) is 0 Å². The molecule has 2 aliphatic rings. The van der Waals surface area contributed by atoms with Crippen molar-refractivity contribution in [2.45, 2.75) is 74.5 Å². The molecule has 2 aromatic carbocycles. The number of carbonyl (C=O) groups is 1. The van der Waals surface area contributed by atoms with Gasteiger partial charge in [0.1, 0.15) is 11.9 Å². The molecule has 2 N–H and O–H groups in total. The van der Waals surface area contributed by atoms with E-state index in [0.29, 0.717) is 38.2 Å². The van der Waals surface area contributed by atoms with Gasteiger partial charge in [-0.2, -0.15) is 9.57 Å². The molecule has 2 fully saturated rings. The number of benzene rings is 2. The number of hydrogen-bond acceptors (Lipinski definition) is 8. The minimum atomic E-state index is -4.05. The second-order valence-electron chi connectivity index (χ2n) is 11.2. The highest BCUT2D eigenvalue weighted by Gasteiger charge is 2.40. The number of nitriles is 1. The van der Waals surface area contributed by atoms with Crippen LogP contribution >= 0.6 is 0 Å². The van der Waals surface area contributed by atoms with Crippen molar-refractivity contribution in [2.75, 3.05) is 33.4 Å². The summed E-state index contributed by atoms with van der Waals surface area (Å²) in [5, 5.41) is 23.7. The number of sulfonamides is 1. The molecule has 0 aromatic heterocycles. The summed E-state index contributed by atoms with van der Waals surface area (Å²) in [7, 11) is -2.54. The highest BCUT2D eigenvalue weighted by molar-refractivity contribution is 7.89. The maximum Gasteiger partial charge on any atom is 0.407 e. The molecule has 228 valence electrons. The van der Waals surface area contributed by atoms with Gasteiger partial charge >= 0.3 is 6.09 Å². The number of ether oxygens (including phenoxy) is 3. The van der Waals surface area contributed by atoms with Crippen molar-refractivity contribution in [3.63, 3.8) is 0 Å². The van der Waals surface area contributed by atoms with E-state index in [1.807, 2.05) is 30.3 Å². The van der Waals surface area contributed by atoms with E-state index >= 15 is 0 Å². The molecule has 0 spiro atoms. The van der Waals surface area contributed by atoms with Crippen LogP contribution in [0.2, 0.25) is 0 Å². The van der Waals surface area contributed by atoms with Gasteiger partial charge in [-0.25, -0.2) is 13.2 Å². The molecule has 3 atom stereocenters. The molecule has 0 bridgehead atoms. The van der Waals surface area contributed by atoms with Gasteiger partial charge in [-0.05, 0) is 60.9 Å². The quantitative estimate of drug-likeness (QED) is 0.332. The smallest absolute Gasteiger partial charge is 0.407 e. The van der Waals surface area contributed by atoms with Gasteiger partial charge in [0.25, 0.3) is 0 Å². The first kappa shape index (κ1) is 31.8. The molecule has 1 heterocycles. The standard InChI is InChI=1S/C31H41N3O7S/c1-39-25-10-12-27(13-11-25)42(37,38)34(23-31(17-7-18-32)15-5-6-16-31)21-29(35)28(20-24-8-3-2-4-9-24)33-30(36)41-26-14-19-40-22-26/h2-4,8-13,26,28-29,35H,5-7,14-17,19-23H2,1H3,(H,33,36)/t26?,28-,29+/m0/s1. The lowest BCUT2D eigenvalue weighted by atomic mass is 9.81. The lowest BCUT2D eigenvalue weighted by molar-refractivity contribution is 0.0614. The Morgan fingerprint density at radius 2 is 1.90 bits per heavy atom. The Labute approximate surface area is 248 Å². The van der Waals surface area contributed by atoms with Crippen molar-refractivity contribution < 1.29 is 32.5 Å². The van der Waals surface area contributed by atoms with E-state index in [-0.39, 0.29) is 35.9 Å². The monoisotopic (exact) mass is 599 g/mol. The van der Waals surface area contributed by atoms with Gasteiger partial charge in [0, 0.05) is 25.9 Å². The maximum atomic E-state index is 14.1. The molecule has 10 nitrogen and oxygen atoms in total. The third-order valence-electron chi connectivity index (χ3n) is 8.26. The number of carbonyl (C=O) groups excluding carboxylic acids is 1. The number of rotatable bonds is 14. The van der Waals surface area contributed by atoms with Gasteiger partial charge in [-0.1, -0.05) is 43.2 Å². The van der Waals surface area contributed by atoms with Crippen LogP contribution in [0.4, 0.5) is 4.79 Å². The summed E-state index contributed by atoms with van der Waals surface area (Å²) < 4.78 is 45.5. The topological polar surface area (TPSA) is 138 Å². The normalized spacial score (nSPS) is 19.6. The average molecular weight is 600 g/mol. The van der Waals surface area contributed by atoms with Crippen LogP contribution in [0, 0.1) is 16.7 Å². The fourth-order valence-corrected chi connectivity index (χ4v) is 7.45. The van der Waals surface area contributed by atoms with Crippen LogP contribution in [-0.2, 0) is 25.9 Å². The van der Waals surface area contributed by atoms with Crippen LogP contribution in [0.15, 0.2) is 59.5 Å². The first-order valence-corrected chi connectivity index (χ1v) is 16.0. The largest absolute Gasteiger partial charge is 0.497 e. The summed E-state index contributed by atoms with van der Waals surface area (Å²) in [6, 6.07) is 16.9. The first-order chi connectivity index (χ1) is 20.2. The Bertz CT molecular complexity index is 1290. The lowest BCUT2D eigenvalue weighted by Gasteiger charge is -2.36. The lowest BCUT2D eigenvalue weighted by Crippen LogP contribution is -2.52. The molecule has 1 aliphatic heterocycles. The van der Waals surface area contributed by atoms with E-state index in [1.54, 1.807) is 12.1 Å². The molecule has 1 amide bonds. The van der Waals surface area contributed by atoms with Gasteiger partial charge in [-0.3, -0.25) is 0 Å². The number of aliphatic hydroxyl groups is 1. The van der Waals surface area contributed by atoms with Crippen LogP contribution in [0.25, 0.3) is 0 Å². The third-order valence-corrected chi connectivity index (χ3v) is 10.1. The second-order valence-corrected chi connectivity index (χ2v) is 13.2. The summed E-state index contributed by atoms with van der Waals surface area (Å²) in [5.41, 5.74) is 0.510. The molecule has 1 saturated heterocycles. The number of hydrogen-bond donors (Lipinski definition) is 2. The van der Waals surface area contributed by atoms with Crippen LogP contribution in [-0.4, -0.2) is 75.6 Å². The molecule has 1 unspecified atom stereocenters. The molecule has 0 radical (unpaired) electrons. The molecule has 42 heavy (non-hydrogen) atoms. The molecule has 1 aliphatic carbocycles. The summed E-state index contributed by atoms with van der Waals surface area (Å²) >= 11 is 0. The molecular formula is C31H41N3O7S. The Morgan fingerprint density at radius 3 is 2.52 bits per heavy atom. The fraction of sp³-hybridized carbons (Fsp3) is 0.548. The summed E-state index contributed by atoms with van der Waals surface area (Å²) in [5.74, 6) is 0.528. The molecule has 4 rings (SSSR count).